The molecule has 0 bridgehead atoms. The Balaban J connectivity index is 1.67. The van der Waals surface area contributed by atoms with Gasteiger partial charge in [-0.25, -0.2) is 9.97 Å². The molecule has 0 saturated heterocycles. The van der Waals surface area contributed by atoms with Crippen LogP contribution >= 0.6 is 0 Å². The van der Waals surface area contributed by atoms with Crippen molar-refractivity contribution in [3.63, 3.8) is 0 Å². The van der Waals surface area contributed by atoms with Crippen molar-refractivity contribution in [2.75, 3.05) is 0 Å². The molecule has 6 nitrogen and oxygen atoms in total. The van der Waals surface area contributed by atoms with Gasteiger partial charge in [0, 0.05) is 48.5 Å². The van der Waals surface area contributed by atoms with E-state index in [9.17, 15) is 0 Å². The number of pyridine rings is 1. The Morgan fingerprint density at radius 1 is 1.00 bits per heavy atom. The highest BCUT2D eigenvalue weighted by molar-refractivity contribution is 5.80. The van der Waals surface area contributed by atoms with Crippen molar-refractivity contribution in [1.29, 1.82) is 0 Å². The zero-order valence-electron chi connectivity index (χ0n) is 12.8. The third-order valence-corrected chi connectivity index (χ3v) is 3.74. The van der Waals surface area contributed by atoms with Crippen molar-refractivity contribution in [1.82, 2.24) is 29.3 Å². The van der Waals surface area contributed by atoms with Crippen molar-refractivity contribution in [3.05, 3.63) is 55.4 Å². The van der Waals surface area contributed by atoms with Crippen LogP contribution in [0.1, 0.15) is 13.3 Å². The second-order valence-electron chi connectivity index (χ2n) is 5.36. The SMILES string of the molecule is CCCn1ccc(-c2cnc(-n3ccc4ccncc43)nc2)n1. The lowest BCUT2D eigenvalue weighted by Gasteiger charge is -2.03. The molecule has 0 aliphatic carbocycles. The van der Waals surface area contributed by atoms with Crippen LogP contribution in [-0.2, 0) is 6.54 Å². The van der Waals surface area contributed by atoms with Crippen molar-refractivity contribution >= 4 is 10.9 Å². The van der Waals surface area contributed by atoms with Crippen molar-refractivity contribution in [2.45, 2.75) is 19.9 Å². The van der Waals surface area contributed by atoms with Crippen LogP contribution < -0.4 is 0 Å². The zero-order chi connectivity index (χ0) is 15.6. The van der Waals surface area contributed by atoms with Gasteiger partial charge in [-0.15, -0.1) is 0 Å². The second-order valence-corrected chi connectivity index (χ2v) is 5.36. The van der Waals surface area contributed by atoms with E-state index in [-0.39, 0.29) is 0 Å². The van der Waals surface area contributed by atoms with E-state index in [4.69, 9.17) is 0 Å². The van der Waals surface area contributed by atoms with E-state index in [0.29, 0.717) is 5.95 Å². The average molecular weight is 304 g/mol. The third-order valence-electron chi connectivity index (χ3n) is 3.74. The lowest BCUT2D eigenvalue weighted by atomic mass is 10.2. The molecular formula is C17H16N6. The third kappa shape index (κ3) is 2.48. The van der Waals surface area contributed by atoms with Crippen LogP contribution in [0.3, 0.4) is 0 Å². The van der Waals surface area contributed by atoms with Gasteiger partial charge in [0.25, 0.3) is 0 Å². The number of hydrogen-bond acceptors (Lipinski definition) is 4. The maximum Gasteiger partial charge on any atom is 0.234 e. The maximum atomic E-state index is 4.53. The minimum absolute atomic E-state index is 0.629. The van der Waals surface area contributed by atoms with E-state index in [2.05, 4.69) is 27.0 Å². The molecule has 0 atom stereocenters. The predicted octanol–water partition coefficient (Wildman–Crippen LogP) is 3.09. The Morgan fingerprint density at radius 2 is 1.87 bits per heavy atom. The summed E-state index contributed by atoms with van der Waals surface area (Å²) < 4.78 is 3.87. The molecule has 0 aliphatic rings. The first kappa shape index (κ1) is 13.6. The number of rotatable bonds is 4. The summed E-state index contributed by atoms with van der Waals surface area (Å²) in [5, 5.41) is 5.65. The molecule has 0 aromatic carbocycles. The molecule has 4 heterocycles. The van der Waals surface area contributed by atoms with Crippen molar-refractivity contribution in [3.8, 4) is 17.2 Å². The first-order valence-corrected chi connectivity index (χ1v) is 7.62. The molecule has 0 fully saturated rings. The van der Waals surface area contributed by atoms with E-state index in [1.165, 1.54) is 0 Å². The van der Waals surface area contributed by atoms with E-state index in [1.54, 1.807) is 6.20 Å². The van der Waals surface area contributed by atoms with Crippen LogP contribution in [0, 0.1) is 0 Å². The summed E-state index contributed by atoms with van der Waals surface area (Å²) in [4.78, 5) is 13.1. The van der Waals surface area contributed by atoms with E-state index in [0.717, 1.165) is 35.1 Å². The number of aromatic nitrogens is 6. The zero-order valence-corrected chi connectivity index (χ0v) is 12.8. The summed E-state index contributed by atoms with van der Waals surface area (Å²) in [5.41, 5.74) is 2.80. The number of nitrogens with zero attached hydrogens (tertiary/aromatic N) is 6. The Labute approximate surface area is 133 Å². The highest BCUT2D eigenvalue weighted by Crippen LogP contribution is 2.19. The van der Waals surface area contributed by atoms with Crippen LogP contribution in [0.4, 0.5) is 0 Å². The Morgan fingerprint density at radius 3 is 2.70 bits per heavy atom. The molecule has 23 heavy (non-hydrogen) atoms. The number of fused-ring (bicyclic) bond motifs is 1. The number of hydrogen-bond donors (Lipinski definition) is 0. The molecule has 6 heteroatoms. The number of aryl methyl sites for hydroxylation is 1. The fraction of sp³-hybridized carbons (Fsp3) is 0.176. The molecule has 4 aromatic heterocycles. The van der Waals surface area contributed by atoms with Gasteiger partial charge in [-0.1, -0.05) is 6.92 Å². The normalized spacial score (nSPS) is 11.2. The highest BCUT2D eigenvalue weighted by atomic mass is 15.3. The topological polar surface area (TPSA) is 61.4 Å². The van der Waals surface area contributed by atoms with Crippen LogP contribution in [-0.4, -0.2) is 29.3 Å². The molecule has 0 spiro atoms. The molecule has 0 amide bonds. The van der Waals surface area contributed by atoms with Gasteiger partial charge in [0.15, 0.2) is 0 Å². The molecule has 4 rings (SSSR count). The van der Waals surface area contributed by atoms with Gasteiger partial charge in [0.2, 0.25) is 5.95 Å². The molecule has 0 saturated carbocycles. The lowest BCUT2D eigenvalue weighted by Crippen LogP contribution is -2.00. The molecule has 0 N–H and O–H groups in total. The fourth-order valence-electron chi connectivity index (χ4n) is 2.60. The van der Waals surface area contributed by atoms with Gasteiger partial charge in [-0.3, -0.25) is 14.2 Å². The molecule has 0 radical (unpaired) electrons. The minimum atomic E-state index is 0.629. The summed E-state index contributed by atoms with van der Waals surface area (Å²) >= 11 is 0. The van der Waals surface area contributed by atoms with E-state index < -0.39 is 0 Å². The standard InChI is InChI=1S/C17H16N6/c1-2-7-22-8-5-15(21-22)14-10-19-17(20-11-14)23-9-4-13-3-6-18-12-16(13)23/h3-6,8-12H,2,7H2,1H3. The largest absolute Gasteiger partial charge is 0.284 e. The highest BCUT2D eigenvalue weighted by Gasteiger charge is 2.07. The van der Waals surface area contributed by atoms with Gasteiger partial charge >= 0.3 is 0 Å². The van der Waals surface area contributed by atoms with Gasteiger partial charge in [-0.2, -0.15) is 5.10 Å². The van der Waals surface area contributed by atoms with Crippen LogP contribution in [0.25, 0.3) is 28.1 Å². The predicted molar refractivity (Wildman–Crippen MR) is 88.2 cm³/mol. The maximum absolute atomic E-state index is 4.53. The Hall–Kier alpha value is -3.02. The molecule has 114 valence electrons. The quantitative estimate of drug-likeness (QED) is 0.581. The molecular weight excluding hydrogens is 288 g/mol. The summed E-state index contributed by atoms with van der Waals surface area (Å²) in [5.74, 6) is 0.629. The van der Waals surface area contributed by atoms with Crippen LogP contribution in [0.15, 0.2) is 55.4 Å². The van der Waals surface area contributed by atoms with Gasteiger partial charge in [0.05, 0.1) is 17.4 Å². The van der Waals surface area contributed by atoms with Crippen molar-refractivity contribution < 1.29 is 0 Å². The van der Waals surface area contributed by atoms with Crippen molar-refractivity contribution in [2.24, 2.45) is 0 Å². The smallest absolute Gasteiger partial charge is 0.234 e. The Bertz CT molecular complexity index is 935. The lowest BCUT2D eigenvalue weighted by molar-refractivity contribution is 0.604. The second kappa shape index (κ2) is 5.64. The monoisotopic (exact) mass is 304 g/mol. The van der Waals surface area contributed by atoms with E-state index >= 15 is 0 Å². The van der Waals surface area contributed by atoms with Gasteiger partial charge < -0.3 is 0 Å². The summed E-state index contributed by atoms with van der Waals surface area (Å²) in [6, 6.07) is 5.99. The fourth-order valence-corrected chi connectivity index (χ4v) is 2.60. The van der Waals surface area contributed by atoms with E-state index in [1.807, 2.05) is 58.4 Å². The summed E-state index contributed by atoms with van der Waals surface area (Å²) in [7, 11) is 0. The van der Waals surface area contributed by atoms with Crippen LogP contribution in [0.5, 0.6) is 0 Å². The van der Waals surface area contributed by atoms with Gasteiger partial charge in [-0.05, 0) is 24.6 Å². The molecule has 0 unspecified atom stereocenters. The summed E-state index contributed by atoms with van der Waals surface area (Å²) in [6.07, 6.45) is 12.2. The first-order valence-electron chi connectivity index (χ1n) is 7.62. The first-order chi connectivity index (χ1) is 11.3. The molecule has 0 aliphatic heterocycles. The average Bonchev–Trinajstić information content (AvgIpc) is 3.22. The minimum Gasteiger partial charge on any atom is -0.284 e. The summed E-state index contributed by atoms with van der Waals surface area (Å²) in [6.45, 7) is 3.05. The van der Waals surface area contributed by atoms with Crippen LogP contribution in [0.2, 0.25) is 0 Å². The molecule has 4 aromatic rings. The Kier molecular flexibility index (Phi) is 3.34. The van der Waals surface area contributed by atoms with Gasteiger partial charge in [0.1, 0.15) is 0 Å².